The van der Waals surface area contributed by atoms with Crippen LogP contribution < -0.4 is 0 Å². The molecule has 0 spiro atoms. The van der Waals surface area contributed by atoms with Gasteiger partial charge < -0.3 is 10.2 Å². The fourth-order valence-corrected chi connectivity index (χ4v) is 2.38. The number of aliphatic hydroxyl groups is 1. The highest BCUT2D eigenvalue weighted by atomic mass is 16.4. The van der Waals surface area contributed by atoms with E-state index in [-0.39, 0.29) is 11.5 Å². The van der Waals surface area contributed by atoms with Crippen molar-refractivity contribution < 1.29 is 15.0 Å². The highest BCUT2D eigenvalue weighted by Crippen LogP contribution is 2.43. The molecule has 0 amide bonds. The van der Waals surface area contributed by atoms with Crippen LogP contribution in [-0.2, 0) is 4.79 Å². The fraction of sp³-hybridized carbons (Fsp3) is 0.533. The lowest BCUT2D eigenvalue weighted by Crippen LogP contribution is -2.32. The maximum absolute atomic E-state index is 10.6. The second kappa shape index (κ2) is 5.53. The van der Waals surface area contributed by atoms with Crippen LogP contribution in [0.25, 0.3) is 0 Å². The van der Waals surface area contributed by atoms with Gasteiger partial charge in [-0.05, 0) is 31.8 Å². The van der Waals surface area contributed by atoms with Crippen molar-refractivity contribution in [2.24, 2.45) is 11.3 Å². The van der Waals surface area contributed by atoms with Gasteiger partial charge in [0.25, 0.3) is 0 Å². The molecule has 2 N–H and O–H groups in total. The van der Waals surface area contributed by atoms with E-state index >= 15 is 0 Å². The summed E-state index contributed by atoms with van der Waals surface area (Å²) in [5.74, 6) is -0.604. The van der Waals surface area contributed by atoms with Crippen molar-refractivity contribution in [3.63, 3.8) is 0 Å². The highest BCUT2D eigenvalue weighted by molar-refractivity contribution is 5.81. The van der Waals surface area contributed by atoms with Gasteiger partial charge in [-0.2, -0.15) is 0 Å². The molecule has 1 rings (SSSR count). The summed E-state index contributed by atoms with van der Waals surface area (Å²) in [6.07, 6.45) is 7.35. The van der Waals surface area contributed by atoms with Gasteiger partial charge in [0, 0.05) is 11.5 Å². The molecule has 0 aliphatic heterocycles. The first kappa shape index (κ1) is 14.7. The lowest BCUT2D eigenvalue weighted by Gasteiger charge is -2.39. The zero-order valence-electron chi connectivity index (χ0n) is 11.5. The van der Waals surface area contributed by atoms with Crippen LogP contribution in [-0.4, -0.2) is 22.3 Å². The summed E-state index contributed by atoms with van der Waals surface area (Å²) in [4.78, 5) is 10.6. The van der Waals surface area contributed by atoms with Gasteiger partial charge in [-0.3, -0.25) is 0 Å². The zero-order chi connectivity index (χ0) is 13.9. The summed E-state index contributed by atoms with van der Waals surface area (Å²) in [6.45, 7) is 8.02. The molecule has 18 heavy (non-hydrogen) atoms. The van der Waals surface area contributed by atoms with Crippen molar-refractivity contribution in [3.05, 3.63) is 35.5 Å². The van der Waals surface area contributed by atoms with E-state index in [0.29, 0.717) is 5.92 Å². The number of hydrogen-bond donors (Lipinski definition) is 2. The van der Waals surface area contributed by atoms with Crippen LogP contribution in [0.1, 0.15) is 34.1 Å². The number of hydrogen-bond acceptors (Lipinski definition) is 2. The minimum Gasteiger partial charge on any atom is -0.478 e. The molecule has 2 unspecified atom stereocenters. The van der Waals surface area contributed by atoms with Crippen molar-refractivity contribution >= 4 is 5.97 Å². The lowest BCUT2D eigenvalue weighted by molar-refractivity contribution is -0.131. The van der Waals surface area contributed by atoms with Crippen molar-refractivity contribution in [1.82, 2.24) is 0 Å². The molecule has 0 fully saturated rings. The second-order valence-corrected chi connectivity index (χ2v) is 5.40. The van der Waals surface area contributed by atoms with E-state index in [1.54, 1.807) is 6.92 Å². The zero-order valence-corrected chi connectivity index (χ0v) is 11.5. The average molecular weight is 250 g/mol. The average Bonchev–Trinajstić information content (AvgIpc) is 2.22. The Hall–Kier alpha value is -1.35. The van der Waals surface area contributed by atoms with Crippen molar-refractivity contribution in [1.29, 1.82) is 0 Å². The van der Waals surface area contributed by atoms with E-state index in [9.17, 15) is 9.90 Å². The standard InChI is InChI=1S/C15H22O3/c1-10(7-14(17)18)5-6-15(4)11(2)8-13(16)9-12(15)3/h5-8,12-13,16H,9H2,1-4H3,(H,17,18)/b6-5+,10-7-/t12?,13?,15-/m0/s1. The number of carbonyl (C=O) groups is 1. The van der Waals surface area contributed by atoms with Crippen LogP contribution >= 0.6 is 0 Å². The Bertz CT molecular complexity index is 417. The Morgan fingerprint density at radius 3 is 2.67 bits per heavy atom. The monoisotopic (exact) mass is 250 g/mol. The van der Waals surface area contributed by atoms with E-state index in [1.165, 1.54) is 6.08 Å². The quantitative estimate of drug-likeness (QED) is 0.460. The molecule has 0 bridgehead atoms. The molecule has 1 aliphatic rings. The molecule has 0 radical (unpaired) electrons. The molecular formula is C15H22O3. The van der Waals surface area contributed by atoms with Crippen LogP contribution in [0, 0.1) is 11.3 Å². The van der Waals surface area contributed by atoms with Gasteiger partial charge in [0.2, 0.25) is 0 Å². The Morgan fingerprint density at radius 2 is 2.17 bits per heavy atom. The van der Waals surface area contributed by atoms with Gasteiger partial charge in [0.1, 0.15) is 0 Å². The van der Waals surface area contributed by atoms with E-state index in [4.69, 9.17) is 5.11 Å². The highest BCUT2D eigenvalue weighted by Gasteiger charge is 2.34. The van der Waals surface area contributed by atoms with E-state index < -0.39 is 5.97 Å². The molecule has 1 aliphatic carbocycles. The van der Waals surface area contributed by atoms with Crippen LogP contribution in [0.15, 0.2) is 35.5 Å². The summed E-state index contributed by atoms with van der Waals surface area (Å²) in [6, 6.07) is 0. The molecule has 3 heteroatoms. The third kappa shape index (κ3) is 3.33. The molecule has 0 saturated heterocycles. The topological polar surface area (TPSA) is 57.5 Å². The number of rotatable bonds is 3. The van der Waals surface area contributed by atoms with Gasteiger partial charge in [-0.25, -0.2) is 4.79 Å². The molecule has 100 valence electrons. The van der Waals surface area contributed by atoms with E-state index in [2.05, 4.69) is 13.8 Å². The molecule has 0 aromatic rings. The predicted octanol–water partition coefficient (Wildman–Crippen LogP) is 2.93. The van der Waals surface area contributed by atoms with Crippen molar-refractivity contribution in [3.8, 4) is 0 Å². The Labute approximate surface area is 109 Å². The van der Waals surface area contributed by atoms with Crippen LogP contribution in [0.4, 0.5) is 0 Å². The minimum atomic E-state index is -0.929. The number of carboxylic acid groups (broad SMARTS) is 1. The molecule has 3 nitrogen and oxygen atoms in total. The largest absolute Gasteiger partial charge is 0.478 e. The number of carboxylic acids is 1. The van der Waals surface area contributed by atoms with E-state index in [0.717, 1.165) is 17.6 Å². The van der Waals surface area contributed by atoms with Gasteiger partial charge in [-0.15, -0.1) is 0 Å². The van der Waals surface area contributed by atoms with Gasteiger partial charge in [-0.1, -0.05) is 37.6 Å². The van der Waals surface area contributed by atoms with Gasteiger partial charge >= 0.3 is 5.97 Å². The summed E-state index contributed by atoms with van der Waals surface area (Å²) in [7, 11) is 0. The molecule has 0 aromatic carbocycles. The third-order valence-electron chi connectivity index (χ3n) is 3.95. The molecule has 0 saturated carbocycles. The first-order valence-corrected chi connectivity index (χ1v) is 6.23. The Morgan fingerprint density at radius 1 is 1.56 bits per heavy atom. The molecule has 0 heterocycles. The maximum atomic E-state index is 10.6. The maximum Gasteiger partial charge on any atom is 0.328 e. The molecule has 0 aromatic heterocycles. The Balaban J connectivity index is 2.97. The molecule has 3 atom stereocenters. The number of aliphatic carboxylic acids is 1. The first-order chi connectivity index (χ1) is 8.25. The van der Waals surface area contributed by atoms with E-state index in [1.807, 2.05) is 25.2 Å². The lowest BCUT2D eigenvalue weighted by atomic mass is 9.66. The van der Waals surface area contributed by atoms with Gasteiger partial charge in [0.05, 0.1) is 6.10 Å². The smallest absolute Gasteiger partial charge is 0.328 e. The number of allylic oxidation sites excluding steroid dienone is 4. The SMILES string of the molecule is CC1=CC(O)CC(C)[C@@]1(C)/C=C/C(C)=C\C(=O)O. The van der Waals surface area contributed by atoms with Gasteiger partial charge in [0.15, 0.2) is 0 Å². The third-order valence-corrected chi connectivity index (χ3v) is 3.95. The normalized spacial score (nSPS) is 33.6. The summed E-state index contributed by atoms with van der Waals surface area (Å²) >= 11 is 0. The summed E-state index contributed by atoms with van der Waals surface area (Å²) < 4.78 is 0. The van der Waals surface area contributed by atoms with Crippen LogP contribution in [0.2, 0.25) is 0 Å². The molecular weight excluding hydrogens is 228 g/mol. The van der Waals surface area contributed by atoms with Crippen molar-refractivity contribution in [2.45, 2.75) is 40.2 Å². The van der Waals surface area contributed by atoms with Crippen molar-refractivity contribution in [2.75, 3.05) is 0 Å². The minimum absolute atomic E-state index is 0.118. The van der Waals surface area contributed by atoms with Crippen LogP contribution in [0.3, 0.4) is 0 Å². The summed E-state index contributed by atoms with van der Waals surface area (Å²) in [5, 5.41) is 18.4. The summed E-state index contributed by atoms with van der Waals surface area (Å²) in [5.41, 5.74) is 1.73. The number of aliphatic hydroxyl groups excluding tert-OH is 1. The van der Waals surface area contributed by atoms with Crippen LogP contribution in [0.5, 0.6) is 0 Å². The predicted molar refractivity (Wildman–Crippen MR) is 72.2 cm³/mol. The first-order valence-electron chi connectivity index (χ1n) is 6.23. The second-order valence-electron chi connectivity index (χ2n) is 5.40. The Kier molecular flexibility index (Phi) is 4.52. The fourth-order valence-electron chi connectivity index (χ4n) is 2.38.